The molecular weight excluding hydrogens is 338 g/mol. The Bertz CT molecular complexity index is 774. The van der Waals surface area contributed by atoms with Gasteiger partial charge in [0.2, 0.25) is 11.9 Å². The fourth-order valence-electron chi connectivity index (χ4n) is 1.94. The fourth-order valence-corrected chi connectivity index (χ4v) is 2.67. The molecule has 0 atom stereocenters. The minimum absolute atomic E-state index is 0.0527. The van der Waals surface area contributed by atoms with Crippen molar-refractivity contribution in [3.05, 3.63) is 46.6 Å². The van der Waals surface area contributed by atoms with Crippen LogP contribution in [0.3, 0.4) is 0 Å². The maximum Gasteiger partial charge on any atom is 0.230 e. The molecule has 8 heteroatoms. The molecule has 0 radical (unpaired) electrons. The Hall–Kier alpha value is -2.61. The second-order valence-electron chi connectivity index (χ2n) is 5.55. The van der Waals surface area contributed by atoms with E-state index in [4.69, 9.17) is 0 Å². The van der Waals surface area contributed by atoms with Gasteiger partial charge in [-0.2, -0.15) is 15.0 Å². The molecule has 1 aromatic carbocycles. The Morgan fingerprint density at radius 2 is 1.84 bits per heavy atom. The van der Waals surface area contributed by atoms with E-state index in [-0.39, 0.29) is 16.4 Å². The largest absolute Gasteiger partial charge is 0.511 e. The van der Waals surface area contributed by atoms with E-state index >= 15 is 0 Å². The monoisotopic (exact) mass is 359 g/mol. The van der Waals surface area contributed by atoms with Crippen LogP contribution < -0.4 is 10.2 Å². The molecule has 0 aliphatic carbocycles. The van der Waals surface area contributed by atoms with Crippen LogP contribution >= 0.6 is 11.8 Å². The van der Waals surface area contributed by atoms with Crippen LogP contribution in [0.2, 0.25) is 0 Å². The van der Waals surface area contributed by atoms with Gasteiger partial charge < -0.3 is 15.3 Å². The number of aliphatic hydroxyl groups excluding tert-OH is 1. The van der Waals surface area contributed by atoms with Crippen LogP contribution in [0.15, 0.2) is 46.2 Å². The second-order valence-corrected chi connectivity index (χ2v) is 6.53. The standard InChI is InChI=1S/C17H21N5O2S/c1-11(23)14(12(2)24)25-17-20-15(19-16(21-17)22(3)4)18-10-13-8-6-5-7-9-13/h5-9,23H,10H2,1-4H3,(H,18,19,20,21)/b14-11+. The molecule has 7 nitrogen and oxygen atoms in total. The van der Waals surface area contributed by atoms with E-state index in [0.29, 0.717) is 23.6 Å². The fraction of sp³-hybridized carbons (Fsp3) is 0.294. The van der Waals surface area contributed by atoms with Crippen molar-refractivity contribution in [2.24, 2.45) is 0 Å². The van der Waals surface area contributed by atoms with Crippen molar-refractivity contribution in [2.75, 3.05) is 24.3 Å². The van der Waals surface area contributed by atoms with Crippen molar-refractivity contribution >= 4 is 29.4 Å². The Morgan fingerprint density at radius 1 is 1.16 bits per heavy atom. The van der Waals surface area contributed by atoms with Gasteiger partial charge in [0.1, 0.15) is 5.76 Å². The predicted molar refractivity (Wildman–Crippen MR) is 99.8 cm³/mol. The minimum Gasteiger partial charge on any atom is -0.511 e. The third kappa shape index (κ3) is 5.46. The average Bonchev–Trinajstić information content (AvgIpc) is 2.58. The summed E-state index contributed by atoms with van der Waals surface area (Å²) in [6.07, 6.45) is 0. The predicted octanol–water partition coefficient (Wildman–Crippen LogP) is 3.02. The lowest BCUT2D eigenvalue weighted by Crippen LogP contribution is -2.16. The van der Waals surface area contributed by atoms with E-state index in [1.54, 1.807) is 4.90 Å². The van der Waals surface area contributed by atoms with Crippen LogP contribution in [0.4, 0.5) is 11.9 Å². The first-order valence-electron chi connectivity index (χ1n) is 7.66. The molecule has 0 saturated carbocycles. The number of aliphatic hydroxyl groups is 1. The van der Waals surface area contributed by atoms with Crippen LogP contribution in [-0.2, 0) is 11.3 Å². The molecule has 0 fully saturated rings. The highest BCUT2D eigenvalue weighted by molar-refractivity contribution is 8.03. The second kappa shape index (κ2) is 8.48. The van der Waals surface area contributed by atoms with Crippen LogP contribution in [0.5, 0.6) is 0 Å². The maximum atomic E-state index is 11.7. The van der Waals surface area contributed by atoms with Gasteiger partial charge in [-0.1, -0.05) is 30.3 Å². The number of thioether (sulfide) groups is 1. The molecule has 0 aliphatic rings. The lowest BCUT2D eigenvalue weighted by molar-refractivity contribution is -0.113. The molecule has 2 aromatic rings. The normalized spacial score (nSPS) is 11.7. The summed E-state index contributed by atoms with van der Waals surface area (Å²) in [5.74, 6) is 0.578. The van der Waals surface area contributed by atoms with Gasteiger partial charge in [-0.25, -0.2) is 0 Å². The number of aromatic nitrogens is 3. The molecule has 2 N–H and O–H groups in total. The van der Waals surface area contributed by atoms with E-state index in [1.807, 2.05) is 44.4 Å². The average molecular weight is 359 g/mol. The summed E-state index contributed by atoms with van der Waals surface area (Å²) < 4.78 is 0. The Morgan fingerprint density at radius 3 is 2.40 bits per heavy atom. The number of carbonyl (C=O) groups excluding carboxylic acids is 1. The summed E-state index contributed by atoms with van der Waals surface area (Å²) in [6, 6.07) is 9.89. The molecule has 0 amide bonds. The minimum atomic E-state index is -0.240. The van der Waals surface area contributed by atoms with Gasteiger partial charge in [0, 0.05) is 20.6 Å². The number of allylic oxidation sites excluding steroid dienone is 2. The van der Waals surface area contributed by atoms with E-state index in [1.165, 1.54) is 13.8 Å². The van der Waals surface area contributed by atoms with Crippen LogP contribution in [0.1, 0.15) is 19.4 Å². The quantitative estimate of drug-likeness (QED) is 0.443. The van der Waals surface area contributed by atoms with Gasteiger partial charge in [0.25, 0.3) is 0 Å². The van der Waals surface area contributed by atoms with Crippen molar-refractivity contribution in [1.82, 2.24) is 15.0 Å². The van der Waals surface area contributed by atoms with E-state index in [2.05, 4.69) is 20.3 Å². The SMILES string of the molecule is CC(=O)/C(Sc1nc(NCc2ccccc2)nc(N(C)C)n1)=C(/C)O. The molecule has 25 heavy (non-hydrogen) atoms. The van der Waals surface area contributed by atoms with E-state index in [9.17, 15) is 9.90 Å². The van der Waals surface area contributed by atoms with E-state index < -0.39 is 0 Å². The Labute approximate surface area is 151 Å². The molecule has 0 unspecified atom stereocenters. The number of ketones is 1. The number of hydrogen-bond donors (Lipinski definition) is 2. The summed E-state index contributed by atoms with van der Waals surface area (Å²) in [4.78, 5) is 26.7. The number of carbonyl (C=O) groups is 1. The first kappa shape index (κ1) is 18.7. The molecule has 1 aromatic heterocycles. The van der Waals surface area contributed by atoms with Crippen molar-refractivity contribution in [1.29, 1.82) is 0 Å². The lowest BCUT2D eigenvalue weighted by Gasteiger charge is -2.13. The molecule has 0 bridgehead atoms. The first-order valence-corrected chi connectivity index (χ1v) is 8.48. The van der Waals surface area contributed by atoms with Gasteiger partial charge >= 0.3 is 0 Å². The number of hydrogen-bond acceptors (Lipinski definition) is 8. The van der Waals surface area contributed by atoms with Gasteiger partial charge in [-0.15, -0.1) is 0 Å². The van der Waals surface area contributed by atoms with E-state index in [0.717, 1.165) is 17.3 Å². The molecule has 1 heterocycles. The smallest absolute Gasteiger partial charge is 0.230 e. The van der Waals surface area contributed by atoms with Crippen molar-refractivity contribution in [3.63, 3.8) is 0 Å². The Kier molecular flexibility index (Phi) is 6.35. The zero-order valence-electron chi connectivity index (χ0n) is 14.6. The third-order valence-corrected chi connectivity index (χ3v) is 4.29. The topological polar surface area (TPSA) is 91.2 Å². The third-order valence-electron chi connectivity index (χ3n) is 3.14. The van der Waals surface area contributed by atoms with Crippen molar-refractivity contribution in [3.8, 4) is 0 Å². The van der Waals surface area contributed by atoms with Crippen LogP contribution in [0.25, 0.3) is 0 Å². The summed E-state index contributed by atoms with van der Waals surface area (Å²) in [5.41, 5.74) is 1.10. The molecule has 0 saturated heterocycles. The number of benzene rings is 1. The van der Waals surface area contributed by atoms with Crippen LogP contribution in [0, 0.1) is 0 Å². The number of anilines is 2. The number of rotatable bonds is 7. The van der Waals surface area contributed by atoms with Crippen LogP contribution in [-0.4, -0.2) is 39.9 Å². The summed E-state index contributed by atoms with van der Waals surface area (Å²) in [7, 11) is 3.65. The zero-order valence-corrected chi connectivity index (χ0v) is 15.5. The zero-order chi connectivity index (χ0) is 18.4. The van der Waals surface area contributed by atoms with Gasteiger partial charge in [-0.3, -0.25) is 4.79 Å². The summed E-state index contributed by atoms with van der Waals surface area (Å²) >= 11 is 1.02. The summed E-state index contributed by atoms with van der Waals surface area (Å²) in [6.45, 7) is 3.42. The molecule has 0 spiro atoms. The highest BCUT2D eigenvalue weighted by Gasteiger charge is 2.15. The van der Waals surface area contributed by atoms with Crippen molar-refractivity contribution < 1.29 is 9.90 Å². The maximum absolute atomic E-state index is 11.7. The molecule has 2 rings (SSSR count). The summed E-state index contributed by atoms with van der Waals surface area (Å²) in [5, 5.41) is 13.2. The molecule has 0 aliphatic heterocycles. The molecular formula is C17H21N5O2S. The highest BCUT2D eigenvalue weighted by Crippen LogP contribution is 2.27. The number of Topliss-reactive ketones (excluding diaryl/α,β-unsaturated/α-hetero) is 1. The number of nitrogens with zero attached hydrogens (tertiary/aromatic N) is 4. The first-order chi connectivity index (χ1) is 11.9. The Balaban J connectivity index is 2.26. The van der Waals surface area contributed by atoms with Gasteiger partial charge in [0.05, 0.1) is 4.91 Å². The van der Waals surface area contributed by atoms with Crippen molar-refractivity contribution in [2.45, 2.75) is 25.5 Å². The molecule has 132 valence electrons. The highest BCUT2D eigenvalue weighted by atomic mass is 32.2. The van der Waals surface area contributed by atoms with Gasteiger partial charge in [0.15, 0.2) is 10.9 Å². The number of nitrogens with one attached hydrogen (secondary N) is 1. The van der Waals surface area contributed by atoms with Gasteiger partial charge in [-0.05, 0) is 31.2 Å². The lowest BCUT2D eigenvalue weighted by atomic mass is 10.2.